The molecular weight excluding hydrogens is 168 g/mol. The van der Waals surface area contributed by atoms with E-state index < -0.39 is 0 Å². The predicted octanol–water partition coefficient (Wildman–Crippen LogP) is 1.54. The normalized spacial score (nSPS) is 8.22. The summed E-state index contributed by atoms with van der Waals surface area (Å²) in [5.74, 6) is 0. The first-order valence-electron chi connectivity index (χ1n) is 1.99. The quantitative estimate of drug-likeness (QED) is 0.426. The van der Waals surface area contributed by atoms with Crippen LogP contribution in [0, 0.1) is 6.20 Å². The molecule has 9 heavy (non-hydrogen) atoms. The molecule has 0 saturated heterocycles. The van der Waals surface area contributed by atoms with Crippen LogP contribution in [0.5, 0.6) is 0 Å². The van der Waals surface area contributed by atoms with Crippen LogP contribution in [0.15, 0.2) is 12.1 Å². The topological polar surface area (TPSA) is 12.9 Å². The van der Waals surface area contributed by atoms with E-state index in [1.807, 2.05) is 0 Å². The van der Waals surface area contributed by atoms with Crippen LogP contribution in [-0.4, -0.2) is 34.5 Å². The molecule has 0 aliphatic heterocycles. The Kier molecular flexibility index (Phi) is 4.90. The summed E-state index contributed by atoms with van der Waals surface area (Å²) in [5, 5.41) is 0.764. The summed E-state index contributed by atoms with van der Waals surface area (Å²) in [6, 6.07) is 3.24. The number of aromatic nitrogens is 1. The molecule has 0 atom stereocenters. The third-order valence-electron chi connectivity index (χ3n) is 0.664. The van der Waals surface area contributed by atoms with Gasteiger partial charge >= 0.3 is 29.6 Å². The SMILES string of the molecule is Clc1cc[c]nc1Cl.[NaH]. The molecule has 0 fully saturated rings. The van der Waals surface area contributed by atoms with Gasteiger partial charge in [-0.1, -0.05) is 23.2 Å². The van der Waals surface area contributed by atoms with Crippen LogP contribution < -0.4 is 0 Å². The van der Waals surface area contributed by atoms with Gasteiger partial charge in [-0.3, -0.25) is 0 Å². The van der Waals surface area contributed by atoms with Gasteiger partial charge < -0.3 is 0 Å². The summed E-state index contributed by atoms with van der Waals surface area (Å²) in [4.78, 5) is 3.59. The fourth-order valence-electron chi connectivity index (χ4n) is 0.327. The van der Waals surface area contributed by atoms with Gasteiger partial charge in [0.25, 0.3) is 0 Å². The van der Waals surface area contributed by atoms with Gasteiger partial charge in [0, 0.05) is 0 Å². The summed E-state index contributed by atoms with van der Waals surface area (Å²) >= 11 is 10.9. The molecule has 4 heteroatoms. The van der Waals surface area contributed by atoms with Crippen molar-refractivity contribution >= 4 is 52.8 Å². The molecule has 1 heterocycles. The standard InChI is InChI=1S/C5H2Cl2N.Na.H/c6-4-2-1-3-8-5(4)7;;/h1-2H;;. The third-order valence-corrected chi connectivity index (χ3v) is 1.35. The molecule has 43 valence electrons. The van der Waals surface area contributed by atoms with E-state index in [1.54, 1.807) is 12.1 Å². The Bertz CT molecular complexity index is 171. The molecule has 1 nitrogen and oxygen atoms in total. The van der Waals surface area contributed by atoms with Gasteiger partial charge in [-0.15, -0.1) is 0 Å². The van der Waals surface area contributed by atoms with Crippen molar-refractivity contribution < 1.29 is 0 Å². The summed E-state index contributed by atoms with van der Waals surface area (Å²) in [7, 11) is 0. The van der Waals surface area contributed by atoms with E-state index in [1.165, 1.54) is 0 Å². The van der Waals surface area contributed by atoms with Gasteiger partial charge in [-0.05, 0) is 12.1 Å². The first kappa shape index (κ1) is 9.73. The van der Waals surface area contributed by atoms with E-state index in [0.29, 0.717) is 10.2 Å². The van der Waals surface area contributed by atoms with Crippen molar-refractivity contribution in [2.24, 2.45) is 0 Å². The first-order valence-corrected chi connectivity index (χ1v) is 2.74. The van der Waals surface area contributed by atoms with Crippen molar-refractivity contribution in [3.05, 3.63) is 28.5 Å². The molecule has 1 aromatic rings. The zero-order valence-electron chi connectivity index (χ0n) is 3.86. The van der Waals surface area contributed by atoms with Crippen molar-refractivity contribution in [2.45, 2.75) is 0 Å². The zero-order valence-corrected chi connectivity index (χ0v) is 5.37. The second-order valence-corrected chi connectivity index (χ2v) is 1.98. The van der Waals surface area contributed by atoms with E-state index in [4.69, 9.17) is 23.2 Å². The number of halogens is 2. The molecule has 1 rings (SSSR count). The Morgan fingerprint density at radius 1 is 1.44 bits per heavy atom. The van der Waals surface area contributed by atoms with Crippen LogP contribution in [0.25, 0.3) is 0 Å². The van der Waals surface area contributed by atoms with Crippen LogP contribution in [-0.2, 0) is 0 Å². The number of nitrogens with zero attached hydrogens (tertiary/aromatic N) is 1. The van der Waals surface area contributed by atoms with Gasteiger partial charge in [0.05, 0.1) is 11.2 Å². The molecule has 0 N–H and O–H groups in total. The summed E-state index contributed by atoms with van der Waals surface area (Å²) in [6.45, 7) is 0. The number of hydrogen-bond donors (Lipinski definition) is 0. The molecular formula is C5H3Cl2NNa. The monoisotopic (exact) mass is 170 g/mol. The van der Waals surface area contributed by atoms with Crippen molar-refractivity contribution in [3.63, 3.8) is 0 Å². The van der Waals surface area contributed by atoms with Gasteiger partial charge in [0.1, 0.15) is 5.15 Å². The molecule has 0 aliphatic carbocycles. The van der Waals surface area contributed by atoms with Crippen molar-refractivity contribution in [1.29, 1.82) is 0 Å². The Balaban J connectivity index is 0.000000640. The maximum atomic E-state index is 5.49. The predicted molar refractivity (Wildman–Crippen MR) is 40.2 cm³/mol. The summed E-state index contributed by atoms with van der Waals surface area (Å²) < 4.78 is 0. The summed E-state index contributed by atoms with van der Waals surface area (Å²) in [6.07, 6.45) is 2.54. The minimum absolute atomic E-state index is 0. The average molecular weight is 171 g/mol. The molecule has 1 radical (unpaired) electrons. The van der Waals surface area contributed by atoms with Crippen LogP contribution >= 0.6 is 23.2 Å². The van der Waals surface area contributed by atoms with Gasteiger partial charge in [-0.25, -0.2) is 4.98 Å². The second kappa shape index (κ2) is 4.53. The third kappa shape index (κ3) is 2.87. The van der Waals surface area contributed by atoms with Gasteiger partial charge in [0.2, 0.25) is 0 Å². The molecule has 0 unspecified atom stereocenters. The molecule has 0 bridgehead atoms. The van der Waals surface area contributed by atoms with Crippen LogP contribution in [0.4, 0.5) is 0 Å². The molecule has 0 aromatic carbocycles. The molecule has 0 aliphatic rings. The van der Waals surface area contributed by atoms with Gasteiger partial charge in [-0.2, -0.15) is 0 Å². The fraction of sp³-hybridized carbons (Fsp3) is 0. The number of rotatable bonds is 0. The van der Waals surface area contributed by atoms with Crippen LogP contribution in [0.1, 0.15) is 0 Å². The first-order chi connectivity index (χ1) is 3.80. The maximum absolute atomic E-state index is 5.49. The zero-order chi connectivity index (χ0) is 5.98. The Morgan fingerprint density at radius 2 is 2.11 bits per heavy atom. The van der Waals surface area contributed by atoms with E-state index in [2.05, 4.69) is 11.2 Å². The van der Waals surface area contributed by atoms with Crippen molar-refractivity contribution in [2.75, 3.05) is 0 Å². The molecule has 0 saturated carbocycles. The van der Waals surface area contributed by atoms with Crippen LogP contribution in [0.2, 0.25) is 10.2 Å². The number of pyridine rings is 1. The fourth-order valence-corrected chi connectivity index (χ4v) is 0.544. The van der Waals surface area contributed by atoms with E-state index >= 15 is 0 Å². The summed E-state index contributed by atoms with van der Waals surface area (Å²) in [5.41, 5.74) is 0. The molecule has 0 spiro atoms. The van der Waals surface area contributed by atoms with Crippen molar-refractivity contribution in [3.8, 4) is 0 Å². The number of hydrogen-bond acceptors (Lipinski definition) is 1. The average Bonchev–Trinajstić information content (AvgIpc) is 1.77. The molecule has 0 amide bonds. The van der Waals surface area contributed by atoms with E-state index in [0.717, 1.165) is 0 Å². The Morgan fingerprint density at radius 3 is 2.44 bits per heavy atom. The van der Waals surface area contributed by atoms with Crippen LogP contribution in [0.3, 0.4) is 0 Å². The Labute approximate surface area is 85.7 Å². The van der Waals surface area contributed by atoms with Gasteiger partial charge in [0.15, 0.2) is 0 Å². The second-order valence-electron chi connectivity index (χ2n) is 1.21. The minimum atomic E-state index is 0. The Hall–Kier alpha value is 0.730. The van der Waals surface area contributed by atoms with Crippen molar-refractivity contribution in [1.82, 2.24) is 4.98 Å². The van der Waals surface area contributed by atoms with E-state index in [-0.39, 0.29) is 29.6 Å². The van der Waals surface area contributed by atoms with E-state index in [9.17, 15) is 0 Å². The molecule has 1 aromatic heterocycles.